The van der Waals surface area contributed by atoms with Gasteiger partial charge in [-0.15, -0.1) is 0 Å². The van der Waals surface area contributed by atoms with E-state index < -0.39 is 0 Å². The van der Waals surface area contributed by atoms with E-state index in [4.69, 9.17) is 4.74 Å². The topological polar surface area (TPSA) is 62.3 Å². The molecule has 1 unspecified atom stereocenters. The van der Waals surface area contributed by atoms with Gasteiger partial charge in [0.2, 0.25) is 5.88 Å². The van der Waals surface area contributed by atoms with E-state index in [1.807, 2.05) is 37.3 Å². The summed E-state index contributed by atoms with van der Waals surface area (Å²) in [6, 6.07) is 14.1. The molecule has 1 atom stereocenters. The molecule has 0 radical (unpaired) electrons. The van der Waals surface area contributed by atoms with Gasteiger partial charge in [0.15, 0.2) is 0 Å². The summed E-state index contributed by atoms with van der Waals surface area (Å²) in [5.41, 5.74) is 1.59. The van der Waals surface area contributed by atoms with E-state index in [9.17, 15) is 14.3 Å². The van der Waals surface area contributed by atoms with Crippen molar-refractivity contribution in [3.8, 4) is 11.6 Å². The Hall–Kier alpha value is -2.60. The maximum absolute atomic E-state index is 13.8. The summed E-state index contributed by atoms with van der Waals surface area (Å²) in [4.78, 5) is 13.9. The molecule has 0 amide bonds. The van der Waals surface area contributed by atoms with E-state index >= 15 is 0 Å². The fourth-order valence-corrected chi connectivity index (χ4v) is 3.30. The molecule has 0 aliphatic rings. The summed E-state index contributed by atoms with van der Waals surface area (Å²) in [5.74, 6) is 0.335. The maximum atomic E-state index is 13.8. The van der Waals surface area contributed by atoms with E-state index in [1.165, 1.54) is 6.07 Å². The average Bonchev–Trinajstić information content (AvgIpc) is 2.91. The summed E-state index contributed by atoms with van der Waals surface area (Å²) < 4.78 is 19.5. The van der Waals surface area contributed by atoms with Gasteiger partial charge in [-0.25, -0.2) is 4.39 Å². The van der Waals surface area contributed by atoms with Gasteiger partial charge < -0.3 is 9.84 Å². The zero-order valence-corrected chi connectivity index (χ0v) is 14.5. The van der Waals surface area contributed by atoms with E-state index in [0.717, 1.165) is 16.9 Å². The zero-order valence-electron chi connectivity index (χ0n) is 13.7. The second-order valence-electron chi connectivity index (χ2n) is 5.84. The SMILES string of the molecule is CC(COc1ccc(Cc2sc(=O)[nH]c2O)cc1)c1ccccc1F. The van der Waals surface area contributed by atoms with Crippen molar-refractivity contribution in [1.82, 2.24) is 4.98 Å². The van der Waals surface area contributed by atoms with Crippen LogP contribution in [0, 0.1) is 5.82 Å². The van der Waals surface area contributed by atoms with Gasteiger partial charge >= 0.3 is 4.87 Å². The molecule has 3 aromatic rings. The third-order valence-electron chi connectivity index (χ3n) is 3.92. The van der Waals surface area contributed by atoms with E-state index in [1.54, 1.807) is 12.1 Å². The molecule has 1 heterocycles. The minimum absolute atomic E-state index is 0.0602. The number of aromatic amines is 1. The molecule has 0 bridgehead atoms. The van der Waals surface area contributed by atoms with Crippen molar-refractivity contribution in [2.24, 2.45) is 0 Å². The minimum atomic E-state index is -0.269. The van der Waals surface area contributed by atoms with Crippen molar-refractivity contribution in [2.45, 2.75) is 19.3 Å². The van der Waals surface area contributed by atoms with Crippen molar-refractivity contribution in [3.05, 3.63) is 80.0 Å². The summed E-state index contributed by atoms with van der Waals surface area (Å²) >= 11 is 0.999. The minimum Gasteiger partial charge on any atom is -0.494 e. The molecule has 0 aliphatic carbocycles. The Morgan fingerprint density at radius 2 is 1.92 bits per heavy atom. The summed E-state index contributed by atoms with van der Waals surface area (Å²) in [6.07, 6.45) is 0.473. The number of ether oxygens (including phenoxy) is 1. The molecule has 0 aliphatic heterocycles. The number of aromatic nitrogens is 1. The Labute approximate surface area is 148 Å². The van der Waals surface area contributed by atoms with Crippen LogP contribution in [-0.2, 0) is 6.42 Å². The Morgan fingerprint density at radius 1 is 1.20 bits per heavy atom. The van der Waals surface area contributed by atoms with Gasteiger partial charge in [0, 0.05) is 12.3 Å². The molecule has 3 rings (SSSR count). The van der Waals surface area contributed by atoms with E-state index in [-0.39, 0.29) is 22.5 Å². The summed E-state index contributed by atoms with van der Waals surface area (Å²) in [7, 11) is 0. The van der Waals surface area contributed by atoms with Crippen molar-refractivity contribution in [1.29, 1.82) is 0 Å². The molecule has 6 heteroatoms. The lowest BCUT2D eigenvalue weighted by Gasteiger charge is -2.14. The average molecular weight is 359 g/mol. The fraction of sp³-hybridized carbons (Fsp3) is 0.211. The predicted octanol–water partition coefficient (Wildman–Crippen LogP) is 4.05. The van der Waals surface area contributed by atoms with Crippen LogP contribution in [-0.4, -0.2) is 16.7 Å². The molecule has 0 saturated heterocycles. The molecule has 0 saturated carbocycles. The van der Waals surface area contributed by atoms with Crippen LogP contribution in [0.1, 0.15) is 28.8 Å². The van der Waals surface area contributed by atoms with E-state index in [2.05, 4.69) is 4.98 Å². The standard InChI is InChI=1S/C19H18FNO3S/c1-12(15-4-2-3-5-16(15)20)11-24-14-8-6-13(7-9-14)10-17-18(22)21-19(23)25-17/h2-9,12,22H,10-11H2,1H3,(H,21,23). The largest absolute Gasteiger partial charge is 0.494 e. The number of halogens is 1. The molecule has 2 aromatic carbocycles. The Balaban J connectivity index is 1.60. The molecular weight excluding hydrogens is 341 g/mol. The lowest BCUT2D eigenvalue weighted by Crippen LogP contribution is -2.08. The van der Waals surface area contributed by atoms with Crippen molar-refractivity contribution >= 4 is 11.3 Å². The smallest absolute Gasteiger partial charge is 0.307 e. The quantitative estimate of drug-likeness (QED) is 0.698. The third kappa shape index (κ3) is 4.28. The van der Waals surface area contributed by atoms with Crippen LogP contribution in [0.2, 0.25) is 0 Å². The molecule has 4 nitrogen and oxygen atoms in total. The number of hydrogen-bond acceptors (Lipinski definition) is 4. The molecular formula is C19H18FNO3S. The zero-order chi connectivity index (χ0) is 17.8. The van der Waals surface area contributed by atoms with Gasteiger partial charge in [-0.3, -0.25) is 9.78 Å². The molecule has 0 fully saturated rings. The fourth-order valence-electron chi connectivity index (χ4n) is 2.55. The summed E-state index contributed by atoms with van der Waals surface area (Å²) in [6.45, 7) is 2.30. The van der Waals surface area contributed by atoms with E-state index in [0.29, 0.717) is 29.2 Å². The normalized spacial score (nSPS) is 12.1. The Morgan fingerprint density at radius 3 is 2.56 bits per heavy atom. The first-order chi connectivity index (χ1) is 12.0. The van der Waals surface area contributed by atoms with Crippen molar-refractivity contribution < 1.29 is 14.2 Å². The molecule has 130 valence electrons. The van der Waals surface area contributed by atoms with Crippen LogP contribution in [0.3, 0.4) is 0 Å². The molecule has 2 N–H and O–H groups in total. The molecule has 25 heavy (non-hydrogen) atoms. The maximum Gasteiger partial charge on any atom is 0.307 e. The molecule has 0 spiro atoms. The van der Waals surface area contributed by atoms with Crippen molar-refractivity contribution in [2.75, 3.05) is 6.61 Å². The second-order valence-corrected chi connectivity index (χ2v) is 6.91. The number of hydrogen-bond donors (Lipinski definition) is 2. The molecule has 1 aromatic heterocycles. The van der Waals surface area contributed by atoms with Gasteiger partial charge in [-0.2, -0.15) is 0 Å². The first-order valence-electron chi connectivity index (χ1n) is 7.90. The third-order valence-corrected chi connectivity index (χ3v) is 4.80. The van der Waals surface area contributed by atoms with Crippen molar-refractivity contribution in [3.63, 3.8) is 0 Å². The number of thiazole rings is 1. The summed E-state index contributed by atoms with van der Waals surface area (Å²) in [5, 5.41) is 9.62. The Bertz CT molecular complexity index is 902. The monoisotopic (exact) mass is 359 g/mol. The van der Waals surface area contributed by atoms with Gasteiger partial charge in [0.25, 0.3) is 0 Å². The first kappa shape index (κ1) is 17.2. The number of nitrogens with one attached hydrogen (secondary N) is 1. The van der Waals surface area contributed by atoms with Crippen LogP contribution in [0.5, 0.6) is 11.6 Å². The highest BCUT2D eigenvalue weighted by Gasteiger charge is 2.11. The predicted molar refractivity (Wildman–Crippen MR) is 96.2 cm³/mol. The van der Waals surface area contributed by atoms with Crippen LogP contribution >= 0.6 is 11.3 Å². The van der Waals surface area contributed by atoms with Gasteiger partial charge in [-0.05, 0) is 29.3 Å². The van der Waals surface area contributed by atoms with Gasteiger partial charge in [-0.1, -0.05) is 48.6 Å². The van der Waals surface area contributed by atoms with Crippen LogP contribution < -0.4 is 9.61 Å². The lowest BCUT2D eigenvalue weighted by atomic mass is 10.0. The number of H-pyrrole nitrogens is 1. The second kappa shape index (κ2) is 7.53. The van der Waals surface area contributed by atoms with Crippen LogP contribution in [0.4, 0.5) is 4.39 Å². The number of benzene rings is 2. The number of aromatic hydroxyl groups is 1. The lowest BCUT2D eigenvalue weighted by molar-refractivity contribution is 0.293. The first-order valence-corrected chi connectivity index (χ1v) is 8.71. The highest BCUT2D eigenvalue weighted by Crippen LogP contribution is 2.23. The highest BCUT2D eigenvalue weighted by molar-refractivity contribution is 7.09. The van der Waals surface area contributed by atoms with Gasteiger partial charge in [0.1, 0.15) is 11.6 Å². The van der Waals surface area contributed by atoms with Gasteiger partial charge in [0.05, 0.1) is 11.5 Å². The van der Waals surface area contributed by atoms with Crippen LogP contribution in [0.15, 0.2) is 53.3 Å². The highest BCUT2D eigenvalue weighted by atomic mass is 32.1. The van der Waals surface area contributed by atoms with Crippen LogP contribution in [0.25, 0.3) is 0 Å². The number of rotatable bonds is 6. The Kier molecular flexibility index (Phi) is 5.19.